The minimum Gasteiger partial charge on any atom is -0.429 e. The number of hydrogen-bond donors (Lipinski definition) is 2. The average Bonchev–Trinajstić information content (AvgIpc) is 2.68. The summed E-state index contributed by atoms with van der Waals surface area (Å²) >= 11 is 8.10. The van der Waals surface area contributed by atoms with Crippen LogP contribution in [0.25, 0.3) is 21.5 Å². The van der Waals surface area contributed by atoms with E-state index in [1.165, 1.54) is 10.8 Å². The smallest absolute Gasteiger partial charge is 0.141 e. The monoisotopic (exact) mass is 364 g/mol. The summed E-state index contributed by atoms with van der Waals surface area (Å²) in [7, 11) is 0. The summed E-state index contributed by atoms with van der Waals surface area (Å²) in [6.07, 6.45) is 0.661. The van der Waals surface area contributed by atoms with Crippen LogP contribution in [-0.4, -0.2) is 0 Å². The fraction of sp³-hybridized carbons (Fsp3) is 0.0476. The summed E-state index contributed by atoms with van der Waals surface area (Å²) in [5, 5.41) is 4.62. The quantitative estimate of drug-likeness (QED) is 0.340. The van der Waals surface area contributed by atoms with Crippen molar-refractivity contribution in [2.45, 2.75) is 6.42 Å². The van der Waals surface area contributed by atoms with E-state index in [1.54, 1.807) is 0 Å². The van der Waals surface area contributed by atoms with E-state index in [1.807, 2.05) is 48.5 Å². The zero-order chi connectivity index (χ0) is 17.2. The Morgan fingerprint density at radius 2 is 1.00 bits per heavy atom. The molecule has 4 rings (SSSR count). The number of thiol groups is 2. The second-order valence-electron chi connectivity index (χ2n) is 5.89. The molecule has 0 spiro atoms. The first kappa shape index (κ1) is 16.2. The third-order valence-electron chi connectivity index (χ3n) is 4.55. The van der Waals surface area contributed by atoms with Crippen molar-refractivity contribution < 1.29 is 8.37 Å². The first-order valence-corrected chi connectivity index (χ1v) is 8.69. The van der Waals surface area contributed by atoms with E-state index < -0.39 is 0 Å². The molecule has 0 aliphatic heterocycles. The molecular formula is C21H16O2S2. The number of hydrogen-bond acceptors (Lipinski definition) is 4. The van der Waals surface area contributed by atoms with Crippen LogP contribution < -0.4 is 8.37 Å². The Kier molecular flexibility index (Phi) is 4.47. The standard InChI is InChI=1S/C21H16O2S2/c24-22-20-11-9-14-5-1-3-7-16(14)18(20)13-19-17-8-4-2-6-15(17)10-12-21(19)23-25/h1-12,24-25H,13H2. The van der Waals surface area contributed by atoms with Crippen LogP contribution in [0.5, 0.6) is 11.5 Å². The van der Waals surface area contributed by atoms with Gasteiger partial charge in [0.05, 0.1) is 0 Å². The van der Waals surface area contributed by atoms with Gasteiger partial charge in [-0.2, -0.15) is 0 Å². The van der Waals surface area contributed by atoms with Crippen molar-refractivity contribution in [3.05, 3.63) is 83.9 Å². The predicted molar refractivity (Wildman–Crippen MR) is 110 cm³/mol. The third-order valence-corrected chi connectivity index (χ3v) is 4.94. The SMILES string of the molecule is SOc1ccc2ccccc2c1Cc1c(OS)ccc2ccccc12. The molecule has 0 unspecified atom stereocenters. The lowest BCUT2D eigenvalue weighted by Gasteiger charge is -2.15. The topological polar surface area (TPSA) is 18.5 Å². The molecule has 2 nitrogen and oxygen atoms in total. The molecule has 0 heterocycles. The summed E-state index contributed by atoms with van der Waals surface area (Å²) in [6, 6.07) is 24.5. The average molecular weight is 364 g/mol. The highest BCUT2D eigenvalue weighted by Crippen LogP contribution is 2.36. The molecular weight excluding hydrogens is 348 g/mol. The van der Waals surface area contributed by atoms with Crippen molar-refractivity contribution in [3.63, 3.8) is 0 Å². The molecule has 4 heteroatoms. The van der Waals surface area contributed by atoms with Crippen LogP contribution in [0, 0.1) is 0 Å². The summed E-state index contributed by atoms with van der Waals surface area (Å²) in [5.41, 5.74) is 2.16. The Hall–Kier alpha value is -2.30. The molecule has 25 heavy (non-hydrogen) atoms. The maximum Gasteiger partial charge on any atom is 0.141 e. The van der Waals surface area contributed by atoms with Crippen molar-refractivity contribution >= 4 is 47.4 Å². The van der Waals surface area contributed by atoms with Gasteiger partial charge in [0.1, 0.15) is 11.5 Å². The Morgan fingerprint density at radius 1 is 0.560 bits per heavy atom. The molecule has 4 aromatic carbocycles. The Labute approximate surface area is 157 Å². The second-order valence-corrected chi connectivity index (χ2v) is 6.25. The van der Waals surface area contributed by atoms with Gasteiger partial charge < -0.3 is 8.37 Å². The molecule has 0 aromatic heterocycles. The van der Waals surface area contributed by atoms with Crippen molar-refractivity contribution in [1.82, 2.24) is 0 Å². The largest absolute Gasteiger partial charge is 0.429 e. The van der Waals surface area contributed by atoms with Gasteiger partial charge in [-0.05, 0) is 33.7 Å². The molecule has 0 radical (unpaired) electrons. The van der Waals surface area contributed by atoms with Gasteiger partial charge in [0.25, 0.3) is 0 Å². The van der Waals surface area contributed by atoms with Gasteiger partial charge in [-0.25, -0.2) is 0 Å². The fourth-order valence-corrected chi connectivity index (χ4v) is 3.69. The van der Waals surface area contributed by atoms with Crippen LogP contribution >= 0.6 is 25.8 Å². The van der Waals surface area contributed by atoms with Crippen molar-refractivity contribution in [3.8, 4) is 11.5 Å². The van der Waals surface area contributed by atoms with E-state index in [-0.39, 0.29) is 0 Å². The predicted octanol–water partition coefficient (Wildman–Crippen LogP) is 6.03. The summed E-state index contributed by atoms with van der Waals surface area (Å²) in [6.45, 7) is 0. The molecule has 0 aliphatic carbocycles. The van der Waals surface area contributed by atoms with Crippen LogP contribution in [0.1, 0.15) is 11.1 Å². The maximum absolute atomic E-state index is 5.35. The van der Waals surface area contributed by atoms with Gasteiger partial charge in [0.2, 0.25) is 0 Å². The van der Waals surface area contributed by atoms with Crippen molar-refractivity contribution in [2.24, 2.45) is 0 Å². The van der Waals surface area contributed by atoms with Gasteiger partial charge in [-0.15, -0.1) is 0 Å². The zero-order valence-electron chi connectivity index (χ0n) is 13.3. The number of rotatable bonds is 4. The van der Waals surface area contributed by atoms with Gasteiger partial charge in [-0.3, -0.25) is 0 Å². The summed E-state index contributed by atoms with van der Waals surface area (Å²) in [5.74, 6) is 1.50. The van der Waals surface area contributed by atoms with Gasteiger partial charge in [-0.1, -0.05) is 60.7 Å². The Morgan fingerprint density at radius 3 is 1.44 bits per heavy atom. The Bertz CT molecular complexity index is 975. The highest BCUT2D eigenvalue weighted by Gasteiger charge is 2.15. The van der Waals surface area contributed by atoms with E-state index in [9.17, 15) is 0 Å². The third kappa shape index (κ3) is 2.92. The lowest BCUT2D eigenvalue weighted by atomic mass is 9.93. The first-order chi connectivity index (χ1) is 12.3. The Balaban J connectivity index is 1.97. The van der Waals surface area contributed by atoms with Gasteiger partial charge in [0.15, 0.2) is 0 Å². The van der Waals surface area contributed by atoms with Crippen molar-refractivity contribution in [1.29, 1.82) is 0 Å². The van der Waals surface area contributed by atoms with Crippen molar-refractivity contribution in [2.75, 3.05) is 0 Å². The van der Waals surface area contributed by atoms with Crippen LogP contribution in [-0.2, 0) is 6.42 Å². The van der Waals surface area contributed by atoms with E-state index in [0.29, 0.717) is 6.42 Å². The normalized spacial score (nSPS) is 11.0. The fourth-order valence-electron chi connectivity index (χ4n) is 3.34. The minimum absolute atomic E-state index is 0.661. The molecule has 4 aromatic rings. The highest BCUT2D eigenvalue weighted by atomic mass is 32.1. The van der Waals surface area contributed by atoms with Crippen LogP contribution in [0.15, 0.2) is 72.8 Å². The minimum atomic E-state index is 0.661. The number of fused-ring (bicyclic) bond motifs is 2. The summed E-state index contributed by atoms with van der Waals surface area (Å²) < 4.78 is 10.7. The molecule has 0 bridgehead atoms. The molecule has 0 saturated heterocycles. The van der Waals surface area contributed by atoms with Gasteiger partial charge in [0, 0.05) is 43.4 Å². The molecule has 0 atom stereocenters. The van der Waals surface area contributed by atoms with E-state index in [0.717, 1.165) is 33.4 Å². The molecule has 0 saturated carbocycles. The lowest BCUT2D eigenvalue weighted by molar-refractivity contribution is 0.641. The molecule has 0 aliphatic rings. The molecule has 124 valence electrons. The summed E-state index contributed by atoms with van der Waals surface area (Å²) in [4.78, 5) is 0. The highest BCUT2D eigenvalue weighted by molar-refractivity contribution is 7.75. The lowest BCUT2D eigenvalue weighted by Crippen LogP contribution is -1.97. The maximum atomic E-state index is 5.35. The first-order valence-electron chi connectivity index (χ1n) is 7.96. The molecule has 0 fully saturated rings. The van der Waals surface area contributed by atoms with E-state index in [4.69, 9.17) is 8.37 Å². The second kappa shape index (κ2) is 6.90. The zero-order valence-corrected chi connectivity index (χ0v) is 15.1. The molecule has 0 N–H and O–H groups in total. The van der Waals surface area contributed by atoms with Crippen LogP contribution in [0.2, 0.25) is 0 Å². The van der Waals surface area contributed by atoms with Gasteiger partial charge >= 0.3 is 0 Å². The van der Waals surface area contributed by atoms with Crippen LogP contribution in [0.3, 0.4) is 0 Å². The number of benzene rings is 4. The van der Waals surface area contributed by atoms with E-state index >= 15 is 0 Å². The molecule has 0 amide bonds. The van der Waals surface area contributed by atoms with Crippen LogP contribution in [0.4, 0.5) is 0 Å². The van der Waals surface area contributed by atoms with E-state index in [2.05, 4.69) is 50.1 Å².